The Balaban J connectivity index is 2.60. The summed E-state index contributed by atoms with van der Waals surface area (Å²) in [7, 11) is 1.83. The fourth-order valence-corrected chi connectivity index (χ4v) is 2.03. The van der Waals surface area contributed by atoms with E-state index in [1.54, 1.807) is 0 Å². The van der Waals surface area contributed by atoms with E-state index in [1.165, 1.54) is 0 Å². The fourth-order valence-electron chi connectivity index (χ4n) is 2.03. The maximum atomic E-state index is 12.2. The lowest BCUT2D eigenvalue weighted by molar-refractivity contribution is 0.0949. The Morgan fingerprint density at radius 1 is 1.26 bits per heavy atom. The summed E-state index contributed by atoms with van der Waals surface area (Å²) in [6, 6.07) is 5.85. The van der Waals surface area contributed by atoms with E-state index in [0.717, 1.165) is 30.9 Å². The first-order valence-corrected chi connectivity index (χ1v) is 6.91. The Hall–Kier alpha value is -1.55. The summed E-state index contributed by atoms with van der Waals surface area (Å²) < 4.78 is 0. The van der Waals surface area contributed by atoms with Gasteiger partial charge in [-0.1, -0.05) is 25.5 Å². The quantitative estimate of drug-likeness (QED) is 0.792. The number of aryl methyl sites for hydroxylation is 1. The first-order chi connectivity index (χ1) is 9.12. The topological polar surface area (TPSA) is 44.4 Å². The molecule has 106 valence electrons. The van der Waals surface area contributed by atoms with Crippen molar-refractivity contribution < 1.29 is 4.79 Å². The minimum atomic E-state index is -0.0137. The first-order valence-electron chi connectivity index (χ1n) is 6.91. The molecule has 0 atom stereocenters. The zero-order valence-corrected chi connectivity index (χ0v) is 12.4. The number of amides is 1. The molecule has 0 bridgehead atoms. The Labute approximate surface area is 116 Å². The highest BCUT2D eigenvalue weighted by Crippen LogP contribution is 2.16. The van der Waals surface area contributed by atoms with Gasteiger partial charge >= 0.3 is 0 Å². The van der Waals surface area contributed by atoms with Crippen molar-refractivity contribution in [1.82, 2.24) is 10.2 Å². The number of nitrogens with zero attached hydrogens (tertiary/aromatic N) is 1. The molecule has 0 heterocycles. The summed E-state index contributed by atoms with van der Waals surface area (Å²) in [5.41, 5.74) is 2.67. The van der Waals surface area contributed by atoms with E-state index in [0.29, 0.717) is 12.1 Å². The van der Waals surface area contributed by atoms with Gasteiger partial charge in [-0.15, -0.1) is 0 Å². The van der Waals surface area contributed by atoms with E-state index >= 15 is 0 Å². The number of anilines is 1. The van der Waals surface area contributed by atoms with Crippen molar-refractivity contribution in [2.45, 2.75) is 20.8 Å². The molecular formula is C15H25N3O. The van der Waals surface area contributed by atoms with Gasteiger partial charge in [0.05, 0.1) is 5.56 Å². The fraction of sp³-hybridized carbons (Fsp3) is 0.533. The van der Waals surface area contributed by atoms with Gasteiger partial charge in [-0.25, -0.2) is 0 Å². The van der Waals surface area contributed by atoms with Gasteiger partial charge < -0.3 is 15.5 Å². The van der Waals surface area contributed by atoms with Crippen LogP contribution in [0.25, 0.3) is 0 Å². The largest absolute Gasteiger partial charge is 0.387 e. The number of hydrogen-bond acceptors (Lipinski definition) is 3. The van der Waals surface area contributed by atoms with Gasteiger partial charge in [0.1, 0.15) is 0 Å². The van der Waals surface area contributed by atoms with E-state index < -0.39 is 0 Å². The molecule has 0 unspecified atom stereocenters. The minimum absolute atomic E-state index is 0.0137. The number of likely N-dealkylation sites (N-methyl/N-ethyl adjacent to an activating group) is 1. The lowest BCUT2D eigenvalue weighted by Gasteiger charge is -2.18. The summed E-state index contributed by atoms with van der Waals surface area (Å²) >= 11 is 0. The number of hydrogen-bond donors (Lipinski definition) is 2. The summed E-state index contributed by atoms with van der Waals surface area (Å²) in [6.45, 7) is 9.84. The highest BCUT2D eigenvalue weighted by molar-refractivity contribution is 5.99. The Kier molecular flexibility index (Phi) is 6.36. The van der Waals surface area contributed by atoms with Crippen molar-refractivity contribution >= 4 is 11.6 Å². The van der Waals surface area contributed by atoms with Gasteiger partial charge in [0.25, 0.3) is 5.91 Å². The van der Waals surface area contributed by atoms with Crippen LogP contribution in [0.1, 0.15) is 29.8 Å². The van der Waals surface area contributed by atoms with Crippen molar-refractivity contribution in [1.29, 1.82) is 0 Å². The molecule has 1 rings (SSSR count). The summed E-state index contributed by atoms with van der Waals surface area (Å²) in [5, 5.41) is 6.03. The average Bonchev–Trinajstić information content (AvgIpc) is 2.43. The maximum absolute atomic E-state index is 12.2. The number of carbonyl (C=O) groups excluding carboxylic acids is 1. The molecule has 0 saturated carbocycles. The van der Waals surface area contributed by atoms with E-state index in [2.05, 4.69) is 29.4 Å². The normalized spacial score (nSPS) is 10.6. The molecule has 0 fully saturated rings. The molecule has 0 radical (unpaired) electrons. The van der Waals surface area contributed by atoms with Crippen molar-refractivity contribution in [2.75, 3.05) is 38.5 Å². The molecule has 0 aromatic heterocycles. The lowest BCUT2D eigenvalue weighted by atomic mass is 10.1. The van der Waals surface area contributed by atoms with Crippen LogP contribution >= 0.6 is 0 Å². The standard InChI is InChI=1S/C15H25N3O/c1-5-18(6-2)10-9-17-15(19)13-11-12(3)7-8-14(13)16-4/h7-8,11,16H,5-6,9-10H2,1-4H3,(H,17,19). The van der Waals surface area contributed by atoms with Crippen LogP contribution in [0, 0.1) is 6.92 Å². The second-order valence-electron chi connectivity index (χ2n) is 4.58. The van der Waals surface area contributed by atoms with Crippen LogP contribution < -0.4 is 10.6 Å². The smallest absolute Gasteiger partial charge is 0.253 e. The zero-order chi connectivity index (χ0) is 14.3. The average molecular weight is 263 g/mol. The molecule has 1 aromatic carbocycles. The van der Waals surface area contributed by atoms with Gasteiger partial charge in [-0.3, -0.25) is 4.79 Å². The van der Waals surface area contributed by atoms with Gasteiger partial charge in [0, 0.05) is 25.8 Å². The molecule has 0 spiro atoms. The third-order valence-electron chi connectivity index (χ3n) is 3.30. The molecule has 4 heteroatoms. The molecular weight excluding hydrogens is 238 g/mol. The van der Waals surface area contributed by atoms with Gasteiger partial charge in [0.2, 0.25) is 0 Å². The zero-order valence-electron chi connectivity index (χ0n) is 12.4. The Morgan fingerprint density at radius 3 is 2.53 bits per heavy atom. The van der Waals surface area contributed by atoms with Crippen molar-refractivity contribution in [3.63, 3.8) is 0 Å². The molecule has 0 saturated heterocycles. The van der Waals surface area contributed by atoms with Gasteiger partial charge in [-0.05, 0) is 32.1 Å². The van der Waals surface area contributed by atoms with Crippen molar-refractivity contribution in [3.8, 4) is 0 Å². The van der Waals surface area contributed by atoms with Gasteiger partial charge in [-0.2, -0.15) is 0 Å². The van der Waals surface area contributed by atoms with Crippen LogP contribution in [0.15, 0.2) is 18.2 Å². The van der Waals surface area contributed by atoms with Crippen LogP contribution in [0.4, 0.5) is 5.69 Å². The van der Waals surface area contributed by atoms with E-state index in [9.17, 15) is 4.79 Å². The lowest BCUT2D eigenvalue weighted by Crippen LogP contribution is -2.35. The highest BCUT2D eigenvalue weighted by Gasteiger charge is 2.10. The van der Waals surface area contributed by atoms with Gasteiger partial charge in [0.15, 0.2) is 0 Å². The van der Waals surface area contributed by atoms with Crippen molar-refractivity contribution in [2.24, 2.45) is 0 Å². The molecule has 0 aliphatic carbocycles. The predicted octanol–water partition coefficient (Wildman–Crippen LogP) is 2.11. The first kappa shape index (κ1) is 15.5. The summed E-state index contributed by atoms with van der Waals surface area (Å²) in [6.07, 6.45) is 0. The highest BCUT2D eigenvalue weighted by atomic mass is 16.1. The molecule has 1 amide bonds. The Bertz CT molecular complexity index is 414. The monoisotopic (exact) mass is 263 g/mol. The third-order valence-corrected chi connectivity index (χ3v) is 3.30. The van der Waals surface area contributed by atoms with Crippen LogP contribution in [-0.4, -0.2) is 44.0 Å². The number of benzene rings is 1. The van der Waals surface area contributed by atoms with Crippen LogP contribution in [0.5, 0.6) is 0 Å². The van der Waals surface area contributed by atoms with E-state index in [-0.39, 0.29) is 5.91 Å². The number of carbonyl (C=O) groups is 1. The van der Waals surface area contributed by atoms with Crippen molar-refractivity contribution in [3.05, 3.63) is 29.3 Å². The van der Waals surface area contributed by atoms with E-state index in [4.69, 9.17) is 0 Å². The Morgan fingerprint density at radius 2 is 1.95 bits per heavy atom. The second-order valence-corrected chi connectivity index (χ2v) is 4.58. The van der Waals surface area contributed by atoms with E-state index in [1.807, 2.05) is 32.2 Å². The number of nitrogens with one attached hydrogen (secondary N) is 2. The SMILES string of the molecule is CCN(CC)CCNC(=O)c1cc(C)ccc1NC. The summed E-state index contributed by atoms with van der Waals surface area (Å²) in [5.74, 6) is -0.0137. The molecule has 0 aliphatic rings. The molecule has 1 aromatic rings. The molecule has 4 nitrogen and oxygen atoms in total. The van der Waals surface area contributed by atoms with Crippen LogP contribution in [0.2, 0.25) is 0 Å². The molecule has 2 N–H and O–H groups in total. The minimum Gasteiger partial charge on any atom is -0.387 e. The summed E-state index contributed by atoms with van der Waals surface area (Å²) in [4.78, 5) is 14.5. The van der Waals surface area contributed by atoms with Crippen LogP contribution in [0.3, 0.4) is 0 Å². The molecule has 19 heavy (non-hydrogen) atoms. The second kappa shape index (κ2) is 7.79. The number of rotatable bonds is 7. The molecule has 0 aliphatic heterocycles. The maximum Gasteiger partial charge on any atom is 0.253 e. The van der Waals surface area contributed by atoms with Crippen LogP contribution in [-0.2, 0) is 0 Å². The predicted molar refractivity (Wildman–Crippen MR) is 80.8 cm³/mol. The third kappa shape index (κ3) is 4.56.